The highest BCUT2D eigenvalue weighted by Crippen LogP contribution is 2.27. The third-order valence-corrected chi connectivity index (χ3v) is 3.44. The number of nitrogens with zero attached hydrogens (tertiary/aromatic N) is 1. The highest BCUT2D eigenvalue weighted by atomic mass is 35.5. The average Bonchev–Trinajstić information content (AvgIpc) is 2.91. The highest BCUT2D eigenvalue weighted by Gasteiger charge is 2.20. The van der Waals surface area contributed by atoms with Crippen LogP contribution in [0, 0.1) is 0 Å². The van der Waals surface area contributed by atoms with Crippen LogP contribution in [0.25, 0.3) is 0 Å². The number of halogens is 1. The zero-order chi connectivity index (χ0) is 15.9. The van der Waals surface area contributed by atoms with E-state index in [1.165, 1.54) is 7.11 Å². The number of anilines is 1. The molecule has 0 aliphatic carbocycles. The molecule has 1 aliphatic heterocycles. The van der Waals surface area contributed by atoms with Crippen LogP contribution in [-0.4, -0.2) is 56.8 Å². The molecule has 1 heterocycles. The van der Waals surface area contributed by atoms with Gasteiger partial charge in [0.1, 0.15) is 12.4 Å². The van der Waals surface area contributed by atoms with E-state index in [1.54, 1.807) is 23.1 Å². The van der Waals surface area contributed by atoms with Crippen LogP contribution in [0.3, 0.4) is 0 Å². The van der Waals surface area contributed by atoms with E-state index >= 15 is 0 Å². The number of cyclic esters (lactones) is 1. The minimum atomic E-state index is -0.306. The van der Waals surface area contributed by atoms with Crippen LogP contribution in [0.5, 0.6) is 5.75 Å². The van der Waals surface area contributed by atoms with E-state index in [0.29, 0.717) is 42.7 Å². The Morgan fingerprint density at radius 1 is 1.50 bits per heavy atom. The Balaban J connectivity index is 1.70. The number of amides is 2. The molecule has 1 saturated heterocycles. The fraction of sp³-hybridized carbons (Fsp3) is 0.429. The van der Waals surface area contributed by atoms with Crippen molar-refractivity contribution in [3.8, 4) is 5.75 Å². The lowest BCUT2D eigenvalue weighted by Gasteiger charge is -2.13. The summed E-state index contributed by atoms with van der Waals surface area (Å²) in [6.45, 7) is 2.20. The van der Waals surface area contributed by atoms with Crippen LogP contribution in [0.2, 0.25) is 5.02 Å². The van der Waals surface area contributed by atoms with Crippen molar-refractivity contribution >= 4 is 29.3 Å². The first kappa shape index (κ1) is 16.4. The maximum atomic E-state index is 11.8. The largest absolute Gasteiger partial charge is 0.495 e. The topological polar surface area (TPSA) is 79.9 Å². The molecular formula is C14H18ClN3O4. The van der Waals surface area contributed by atoms with Crippen molar-refractivity contribution in [3.63, 3.8) is 0 Å². The van der Waals surface area contributed by atoms with Gasteiger partial charge in [0, 0.05) is 24.8 Å². The molecule has 0 saturated carbocycles. The zero-order valence-corrected chi connectivity index (χ0v) is 13.0. The molecular weight excluding hydrogens is 310 g/mol. The first-order valence-electron chi connectivity index (χ1n) is 6.86. The third-order valence-electron chi connectivity index (χ3n) is 3.12. The van der Waals surface area contributed by atoms with Crippen molar-refractivity contribution in [2.45, 2.75) is 0 Å². The van der Waals surface area contributed by atoms with Crippen molar-refractivity contribution in [3.05, 3.63) is 23.2 Å². The summed E-state index contributed by atoms with van der Waals surface area (Å²) in [6.07, 6.45) is -0.306. The number of methoxy groups -OCH3 is 1. The molecule has 1 aromatic rings. The van der Waals surface area contributed by atoms with E-state index < -0.39 is 0 Å². The first-order valence-corrected chi connectivity index (χ1v) is 7.24. The van der Waals surface area contributed by atoms with Crippen molar-refractivity contribution in [2.75, 3.05) is 45.2 Å². The van der Waals surface area contributed by atoms with E-state index in [4.69, 9.17) is 21.1 Å². The molecule has 1 aromatic carbocycles. The van der Waals surface area contributed by atoms with Crippen molar-refractivity contribution < 1.29 is 19.1 Å². The van der Waals surface area contributed by atoms with Crippen LogP contribution in [0.1, 0.15) is 0 Å². The van der Waals surface area contributed by atoms with Gasteiger partial charge >= 0.3 is 6.09 Å². The average molecular weight is 328 g/mol. The van der Waals surface area contributed by atoms with Crippen molar-refractivity contribution in [1.29, 1.82) is 0 Å². The SMILES string of the molecule is COc1cc(NC(=O)CNCCN2CCOC2=O)ccc1Cl. The third kappa shape index (κ3) is 4.51. The number of ether oxygens (including phenoxy) is 2. The lowest BCUT2D eigenvalue weighted by atomic mass is 10.3. The smallest absolute Gasteiger partial charge is 0.409 e. The molecule has 8 heteroatoms. The van der Waals surface area contributed by atoms with E-state index in [-0.39, 0.29) is 18.5 Å². The van der Waals surface area contributed by atoms with Crippen molar-refractivity contribution in [2.24, 2.45) is 0 Å². The Hall–Kier alpha value is -1.99. The standard InChI is InChI=1S/C14H18ClN3O4/c1-21-12-8-10(2-3-11(12)15)17-13(19)9-16-4-5-18-6-7-22-14(18)20/h2-3,8,16H,4-7,9H2,1H3,(H,17,19). The summed E-state index contributed by atoms with van der Waals surface area (Å²) in [7, 11) is 1.51. The number of hydrogen-bond donors (Lipinski definition) is 2. The van der Waals surface area contributed by atoms with Gasteiger partial charge in [-0.05, 0) is 12.1 Å². The van der Waals surface area contributed by atoms with Gasteiger partial charge in [-0.1, -0.05) is 11.6 Å². The molecule has 0 spiro atoms. The maximum absolute atomic E-state index is 11.8. The number of carbonyl (C=O) groups is 2. The molecule has 0 unspecified atom stereocenters. The number of rotatable bonds is 7. The van der Waals surface area contributed by atoms with E-state index in [9.17, 15) is 9.59 Å². The number of carbonyl (C=O) groups excluding carboxylic acids is 2. The van der Waals surface area contributed by atoms with Gasteiger partial charge in [0.05, 0.1) is 25.2 Å². The van der Waals surface area contributed by atoms with Crippen LogP contribution in [0.15, 0.2) is 18.2 Å². The van der Waals surface area contributed by atoms with Gasteiger partial charge in [-0.25, -0.2) is 4.79 Å². The van der Waals surface area contributed by atoms with Gasteiger partial charge in [0.15, 0.2) is 0 Å². The zero-order valence-electron chi connectivity index (χ0n) is 12.2. The van der Waals surface area contributed by atoms with Crippen LogP contribution in [-0.2, 0) is 9.53 Å². The molecule has 0 aromatic heterocycles. The first-order chi connectivity index (χ1) is 10.6. The Morgan fingerprint density at radius 2 is 2.32 bits per heavy atom. The molecule has 0 atom stereocenters. The highest BCUT2D eigenvalue weighted by molar-refractivity contribution is 6.32. The van der Waals surface area contributed by atoms with Crippen LogP contribution < -0.4 is 15.4 Å². The molecule has 0 bridgehead atoms. The number of benzene rings is 1. The molecule has 7 nitrogen and oxygen atoms in total. The Labute approximate surface area is 133 Å². The van der Waals surface area contributed by atoms with Crippen LogP contribution >= 0.6 is 11.6 Å². The Morgan fingerprint density at radius 3 is 3.00 bits per heavy atom. The maximum Gasteiger partial charge on any atom is 0.409 e. The fourth-order valence-electron chi connectivity index (χ4n) is 1.99. The lowest BCUT2D eigenvalue weighted by molar-refractivity contribution is -0.115. The summed E-state index contributed by atoms with van der Waals surface area (Å²) in [4.78, 5) is 24.6. The molecule has 1 fully saturated rings. The van der Waals surface area contributed by atoms with Gasteiger partial charge in [0.2, 0.25) is 5.91 Å². The predicted molar refractivity (Wildman–Crippen MR) is 82.4 cm³/mol. The van der Waals surface area contributed by atoms with Gasteiger partial charge in [0.25, 0.3) is 0 Å². The molecule has 2 amide bonds. The Kier molecular flexibility index (Phi) is 5.85. The minimum Gasteiger partial charge on any atom is -0.495 e. The molecule has 1 aliphatic rings. The summed E-state index contributed by atoms with van der Waals surface area (Å²) in [6, 6.07) is 5.01. The quantitative estimate of drug-likeness (QED) is 0.739. The Bertz CT molecular complexity index is 553. The van der Waals surface area contributed by atoms with E-state index in [1.807, 2.05) is 0 Å². The minimum absolute atomic E-state index is 0.147. The second kappa shape index (κ2) is 7.86. The second-order valence-electron chi connectivity index (χ2n) is 4.68. The van der Waals surface area contributed by atoms with Gasteiger partial charge in [-0.15, -0.1) is 0 Å². The molecule has 22 heavy (non-hydrogen) atoms. The monoisotopic (exact) mass is 327 g/mol. The molecule has 120 valence electrons. The summed E-state index contributed by atoms with van der Waals surface area (Å²) >= 11 is 5.92. The number of hydrogen-bond acceptors (Lipinski definition) is 5. The normalized spacial score (nSPS) is 13.9. The molecule has 2 N–H and O–H groups in total. The van der Waals surface area contributed by atoms with Gasteiger partial charge in [-0.2, -0.15) is 0 Å². The number of nitrogens with one attached hydrogen (secondary N) is 2. The van der Waals surface area contributed by atoms with E-state index in [2.05, 4.69) is 10.6 Å². The fourth-order valence-corrected chi connectivity index (χ4v) is 2.18. The molecule has 0 radical (unpaired) electrons. The summed E-state index contributed by atoms with van der Waals surface area (Å²) < 4.78 is 9.90. The predicted octanol–water partition coefficient (Wildman–Crippen LogP) is 1.33. The lowest BCUT2D eigenvalue weighted by Crippen LogP contribution is -2.36. The summed E-state index contributed by atoms with van der Waals surface area (Å²) in [5.74, 6) is 0.313. The summed E-state index contributed by atoms with van der Waals surface area (Å²) in [5.41, 5.74) is 0.608. The van der Waals surface area contributed by atoms with Gasteiger partial charge < -0.3 is 25.0 Å². The van der Waals surface area contributed by atoms with Crippen LogP contribution in [0.4, 0.5) is 10.5 Å². The summed E-state index contributed by atoms with van der Waals surface area (Å²) in [5, 5.41) is 6.19. The molecule has 2 rings (SSSR count). The second-order valence-corrected chi connectivity index (χ2v) is 5.08. The van der Waals surface area contributed by atoms with Crippen molar-refractivity contribution in [1.82, 2.24) is 10.2 Å². The van der Waals surface area contributed by atoms with E-state index in [0.717, 1.165) is 0 Å². The van der Waals surface area contributed by atoms with Gasteiger partial charge in [-0.3, -0.25) is 4.79 Å².